The van der Waals surface area contributed by atoms with Crippen molar-refractivity contribution in [3.8, 4) is 0 Å². The van der Waals surface area contributed by atoms with Gasteiger partial charge in [0.2, 0.25) is 0 Å². The summed E-state index contributed by atoms with van der Waals surface area (Å²) in [5, 5.41) is 0. The zero-order chi connectivity index (χ0) is 13.1. The van der Waals surface area contributed by atoms with Crippen molar-refractivity contribution in [1.82, 2.24) is 0 Å². The quantitative estimate of drug-likeness (QED) is 0.223. The number of nitrogens with zero attached hydrogens (tertiary/aromatic N) is 1. The van der Waals surface area contributed by atoms with Gasteiger partial charge in [0.05, 0.1) is 5.60 Å². The van der Waals surface area contributed by atoms with Crippen molar-refractivity contribution in [2.45, 2.75) is 46.6 Å². The van der Waals surface area contributed by atoms with E-state index in [0.717, 1.165) is 18.7 Å². The van der Waals surface area contributed by atoms with Gasteiger partial charge in [-0.15, -0.1) is 0 Å². The Morgan fingerprint density at radius 3 is 2.53 bits per heavy atom. The summed E-state index contributed by atoms with van der Waals surface area (Å²) in [6.45, 7) is 11.2. The highest BCUT2D eigenvalue weighted by atomic mass is 17.2. The second-order valence-electron chi connectivity index (χ2n) is 4.76. The maximum absolute atomic E-state index is 5.12. The third-order valence-corrected chi connectivity index (χ3v) is 1.70. The van der Waals surface area contributed by atoms with E-state index in [1.807, 2.05) is 52.8 Å². The van der Waals surface area contributed by atoms with Crippen LogP contribution in [0.5, 0.6) is 0 Å². The zero-order valence-electron chi connectivity index (χ0n) is 11.7. The van der Waals surface area contributed by atoms with Crippen molar-refractivity contribution >= 4 is 5.71 Å². The van der Waals surface area contributed by atoms with Crippen molar-refractivity contribution in [3.63, 3.8) is 0 Å². The van der Waals surface area contributed by atoms with Crippen LogP contribution in [0.25, 0.3) is 0 Å². The molecular formula is C14H25NO2. The summed E-state index contributed by atoms with van der Waals surface area (Å²) >= 11 is 0. The van der Waals surface area contributed by atoms with Gasteiger partial charge >= 0.3 is 0 Å². The molecule has 0 bridgehead atoms. The molecular weight excluding hydrogens is 214 g/mol. The van der Waals surface area contributed by atoms with E-state index in [2.05, 4.69) is 11.1 Å². The molecule has 0 aromatic rings. The molecule has 0 N–H and O–H groups in total. The Labute approximate surface area is 105 Å². The smallest absolute Gasteiger partial charge is 0.100 e. The lowest BCUT2D eigenvalue weighted by Crippen LogP contribution is -2.19. The summed E-state index contributed by atoms with van der Waals surface area (Å²) in [5.41, 5.74) is 0.815. The van der Waals surface area contributed by atoms with E-state index in [1.54, 1.807) is 0 Å². The van der Waals surface area contributed by atoms with E-state index in [4.69, 9.17) is 9.78 Å². The topological polar surface area (TPSA) is 30.8 Å². The Balaban J connectivity index is 3.53. The Bertz CT molecular complexity index is 272. The van der Waals surface area contributed by atoms with Crippen LogP contribution in [-0.2, 0) is 9.78 Å². The highest BCUT2D eigenvalue weighted by Gasteiger charge is 2.10. The molecule has 0 radical (unpaired) electrons. The van der Waals surface area contributed by atoms with Gasteiger partial charge in [0.15, 0.2) is 0 Å². The lowest BCUT2D eigenvalue weighted by molar-refractivity contribution is -0.341. The molecule has 0 unspecified atom stereocenters. The monoisotopic (exact) mass is 239 g/mol. The van der Waals surface area contributed by atoms with Crippen LogP contribution in [0.4, 0.5) is 0 Å². The molecule has 0 saturated carbocycles. The Morgan fingerprint density at radius 2 is 1.94 bits per heavy atom. The molecule has 0 aromatic carbocycles. The normalized spacial score (nSPS) is 14.1. The van der Waals surface area contributed by atoms with Crippen LogP contribution in [0.15, 0.2) is 29.3 Å². The molecule has 0 heterocycles. The van der Waals surface area contributed by atoms with Crippen LogP contribution in [0, 0.1) is 0 Å². The standard InChI is InChI=1S/C14H25NO2/c1-6-10-13(2)15-11-8-7-9-12-16-17-14(3,4)5/h6-7,9-10H,8,11-12H2,1-5H3/b9-7?,10-6-,15-13?. The van der Waals surface area contributed by atoms with Gasteiger partial charge in [-0.3, -0.25) is 4.99 Å². The molecule has 0 saturated heterocycles. The number of hydrogen-bond donors (Lipinski definition) is 0. The molecule has 3 nitrogen and oxygen atoms in total. The number of aliphatic imine (C=N–C) groups is 1. The van der Waals surface area contributed by atoms with Crippen LogP contribution in [0.1, 0.15) is 41.0 Å². The molecule has 0 spiro atoms. The van der Waals surface area contributed by atoms with Crippen molar-refractivity contribution < 1.29 is 9.78 Å². The van der Waals surface area contributed by atoms with Crippen LogP contribution in [0.2, 0.25) is 0 Å². The van der Waals surface area contributed by atoms with Gasteiger partial charge in [0.25, 0.3) is 0 Å². The van der Waals surface area contributed by atoms with E-state index >= 15 is 0 Å². The molecule has 0 aliphatic carbocycles. The largest absolute Gasteiger partial charge is 0.290 e. The highest BCUT2D eigenvalue weighted by molar-refractivity contribution is 5.92. The third-order valence-electron chi connectivity index (χ3n) is 1.70. The van der Waals surface area contributed by atoms with Gasteiger partial charge in [-0.2, -0.15) is 0 Å². The summed E-state index contributed by atoms with van der Waals surface area (Å²) in [4.78, 5) is 14.5. The molecule has 17 heavy (non-hydrogen) atoms. The number of rotatable bonds is 7. The molecule has 0 aliphatic rings. The fourth-order valence-electron chi connectivity index (χ4n) is 1.05. The molecule has 0 aliphatic heterocycles. The Hall–Kier alpha value is -0.930. The number of allylic oxidation sites excluding steroid dienone is 2. The van der Waals surface area contributed by atoms with Crippen LogP contribution >= 0.6 is 0 Å². The Morgan fingerprint density at radius 1 is 1.24 bits per heavy atom. The minimum atomic E-state index is -0.248. The molecule has 0 aromatic heterocycles. The van der Waals surface area contributed by atoms with E-state index in [-0.39, 0.29) is 5.60 Å². The van der Waals surface area contributed by atoms with Gasteiger partial charge in [-0.25, -0.2) is 9.78 Å². The van der Waals surface area contributed by atoms with E-state index in [1.165, 1.54) is 0 Å². The lowest BCUT2D eigenvalue weighted by atomic mass is 10.2. The van der Waals surface area contributed by atoms with E-state index < -0.39 is 0 Å². The fourth-order valence-corrected chi connectivity index (χ4v) is 1.05. The average molecular weight is 239 g/mol. The predicted octanol–water partition coefficient (Wildman–Crippen LogP) is 3.72. The first-order valence-electron chi connectivity index (χ1n) is 6.05. The third kappa shape index (κ3) is 13.0. The van der Waals surface area contributed by atoms with Crippen molar-refractivity contribution in [1.29, 1.82) is 0 Å². The molecule has 0 rings (SSSR count). The van der Waals surface area contributed by atoms with E-state index in [0.29, 0.717) is 6.61 Å². The lowest BCUT2D eigenvalue weighted by Gasteiger charge is -2.16. The first kappa shape index (κ1) is 16.1. The maximum atomic E-state index is 5.12. The van der Waals surface area contributed by atoms with Gasteiger partial charge < -0.3 is 0 Å². The number of hydrogen-bond acceptors (Lipinski definition) is 3. The zero-order valence-corrected chi connectivity index (χ0v) is 11.7. The van der Waals surface area contributed by atoms with Crippen LogP contribution in [0.3, 0.4) is 0 Å². The molecule has 0 fully saturated rings. The summed E-state index contributed by atoms with van der Waals surface area (Å²) in [5.74, 6) is 0. The maximum Gasteiger partial charge on any atom is 0.100 e. The van der Waals surface area contributed by atoms with Crippen LogP contribution in [-0.4, -0.2) is 24.5 Å². The second kappa shape index (κ2) is 9.14. The SMILES string of the molecule is C/C=C\C(C)=NCCC=CCOOC(C)(C)C. The van der Waals surface area contributed by atoms with E-state index in [9.17, 15) is 0 Å². The molecule has 3 heteroatoms. The minimum absolute atomic E-state index is 0.248. The summed E-state index contributed by atoms with van der Waals surface area (Å²) in [7, 11) is 0. The van der Waals surface area contributed by atoms with Crippen LogP contribution < -0.4 is 0 Å². The summed E-state index contributed by atoms with van der Waals surface area (Å²) in [6, 6.07) is 0. The van der Waals surface area contributed by atoms with Gasteiger partial charge in [0.1, 0.15) is 6.61 Å². The molecule has 0 atom stereocenters. The van der Waals surface area contributed by atoms with Gasteiger partial charge in [0, 0.05) is 12.3 Å². The first-order valence-corrected chi connectivity index (χ1v) is 6.05. The van der Waals surface area contributed by atoms with Crippen molar-refractivity contribution in [3.05, 3.63) is 24.3 Å². The molecule has 0 amide bonds. The first-order chi connectivity index (χ1) is 7.95. The highest BCUT2D eigenvalue weighted by Crippen LogP contribution is 2.06. The van der Waals surface area contributed by atoms with Crippen molar-refractivity contribution in [2.24, 2.45) is 4.99 Å². The minimum Gasteiger partial charge on any atom is -0.290 e. The summed E-state index contributed by atoms with van der Waals surface area (Å²) < 4.78 is 0. The average Bonchev–Trinajstić information content (AvgIpc) is 2.21. The molecule has 98 valence electrons. The van der Waals surface area contributed by atoms with Gasteiger partial charge in [-0.05, 0) is 47.1 Å². The predicted molar refractivity (Wildman–Crippen MR) is 73.3 cm³/mol. The second-order valence-corrected chi connectivity index (χ2v) is 4.76. The summed E-state index contributed by atoms with van der Waals surface area (Å²) in [6.07, 6.45) is 8.93. The van der Waals surface area contributed by atoms with Gasteiger partial charge in [-0.1, -0.05) is 18.2 Å². The Kier molecular flexibility index (Phi) is 8.64. The van der Waals surface area contributed by atoms with Crippen molar-refractivity contribution in [2.75, 3.05) is 13.2 Å². The fraction of sp³-hybridized carbons (Fsp3) is 0.643.